The fourth-order valence-electron chi connectivity index (χ4n) is 1.22. The van der Waals surface area contributed by atoms with E-state index in [1.165, 1.54) is 11.3 Å². The molecular weight excluding hydrogens is 238 g/mol. The second-order valence-corrected chi connectivity index (χ2v) is 4.03. The minimum Gasteiger partial charge on any atom is -0.337 e. The molecule has 0 spiro atoms. The Kier molecular flexibility index (Phi) is 3.98. The van der Waals surface area contributed by atoms with Crippen molar-refractivity contribution in [1.82, 2.24) is 20.5 Å². The summed E-state index contributed by atoms with van der Waals surface area (Å²) < 4.78 is 0. The number of hydrogen-bond donors (Lipinski definition) is 2. The number of nitrogens with zero attached hydrogens (tertiary/aromatic N) is 3. The molecule has 0 atom stereocenters. The number of hydrogen-bond acceptors (Lipinski definition) is 5. The van der Waals surface area contributed by atoms with Crippen molar-refractivity contribution >= 4 is 22.5 Å². The van der Waals surface area contributed by atoms with Gasteiger partial charge in [-0.1, -0.05) is 17.4 Å². The third kappa shape index (κ3) is 3.80. The molecule has 0 aromatic carbocycles. The van der Waals surface area contributed by atoms with Crippen LogP contribution in [0.1, 0.15) is 5.69 Å². The summed E-state index contributed by atoms with van der Waals surface area (Å²) >= 11 is 1.27. The Balaban J connectivity index is 1.70. The molecule has 0 unspecified atom stereocenters. The Morgan fingerprint density at radius 3 is 3.06 bits per heavy atom. The minimum atomic E-state index is -0.280. The summed E-state index contributed by atoms with van der Waals surface area (Å²) in [7, 11) is 0. The van der Waals surface area contributed by atoms with Crippen molar-refractivity contribution in [3.8, 4) is 0 Å². The standard InChI is InChI=1S/C10H11N5OS/c16-9(14-10-15-13-7-17-10)12-6-4-8-3-1-2-5-11-8/h1-3,5,7H,4,6H2,(H2,12,14,15,16). The van der Waals surface area contributed by atoms with E-state index >= 15 is 0 Å². The van der Waals surface area contributed by atoms with Crippen LogP contribution in [0, 0.1) is 0 Å². The second kappa shape index (κ2) is 5.90. The topological polar surface area (TPSA) is 79.8 Å². The number of carbonyl (C=O) groups is 1. The molecule has 2 heterocycles. The summed E-state index contributed by atoms with van der Waals surface area (Å²) in [5.41, 5.74) is 2.51. The van der Waals surface area contributed by atoms with E-state index in [0.717, 1.165) is 5.69 Å². The van der Waals surface area contributed by atoms with E-state index in [4.69, 9.17) is 0 Å². The van der Waals surface area contributed by atoms with Crippen LogP contribution in [0.3, 0.4) is 0 Å². The first-order valence-corrected chi connectivity index (χ1v) is 5.93. The average molecular weight is 249 g/mol. The third-order valence-electron chi connectivity index (χ3n) is 1.97. The van der Waals surface area contributed by atoms with Crippen LogP contribution in [-0.4, -0.2) is 27.8 Å². The summed E-state index contributed by atoms with van der Waals surface area (Å²) in [5.74, 6) is 0. The summed E-state index contributed by atoms with van der Waals surface area (Å²) in [6.07, 6.45) is 2.43. The lowest BCUT2D eigenvalue weighted by Gasteiger charge is -2.04. The normalized spacial score (nSPS) is 9.88. The summed E-state index contributed by atoms with van der Waals surface area (Å²) in [4.78, 5) is 15.6. The van der Waals surface area contributed by atoms with Crippen LogP contribution >= 0.6 is 11.3 Å². The Labute approximate surface area is 102 Å². The van der Waals surface area contributed by atoms with E-state index in [1.54, 1.807) is 11.7 Å². The van der Waals surface area contributed by atoms with Gasteiger partial charge in [0, 0.05) is 24.9 Å². The first-order chi connectivity index (χ1) is 8.34. The number of carbonyl (C=O) groups excluding carboxylic acids is 1. The van der Waals surface area contributed by atoms with Gasteiger partial charge in [0.15, 0.2) is 0 Å². The largest absolute Gasteiger partial charge is 0.337 e. The van der Waals surface area contributed by atoms with Gasteiger partial charge in [0.1, 0.15) is 5.51 Å². The van der Waals surface area contributed by atoms with Gasteiger partial charge in [-0.15, -0.1) is 10.2 Å². The van der Waals surface area contributed by atoms with Gasteiger partial charge in [-0.2, -0.15) is 0 Å². The maximum absolute atomic E-state index is 11.4. The van der Waals surface area contributed by atoms with Crippen molar-refractivity contribution < 1.29 is 4.79 Å². The monoisotopic (exact) mass is 249 g/mol. The Morgan fingerprint density at radius 2 is 2.35 bits per heavy atom. The van der Waals surface area contributed by atoms with E-state index in [-0.39, 0.29) is 6.03 Å². The van der Waals surface area contributed by atoms with Crippen molar-refractivity contribution in [3.63, 3.8) is 0 Å². The maximum Gasteiger partial charge on any atom is 0.321 e. The highest BCUT2D eigenvalue weighted by molar-refractivity contribution is 7.13. The summed E-state index contributed by atoms with van der Waals surface area (Å²) in [5, 5.41) is 13.1. The predicted octanol–water partition coefficient (Wildman–Crippen LogP) is 1.30. The molecule has 2 rings (SSSR count). The number of amides is 2. The van der Waals surface area contributed by atoms with E-state index in [9.17, 15) is 4.79 Å². The minimum absolute atomic E-state index is 0.280. The summed E-state index contributed by atoms with van der Waals surface area (Å²) in [6.45, 7) is 0.529. The molecule has 7 heteroatoms. The van der Waals surface area contributed by atoms with Crippen LogP contribution in [-0.2, 0) is 6.42 Å². The Morgan fingerprint density at radius 1 is 1.41 bits per heavy atom. The quantitative estimate of drug-likeness (QED) is 0.855. The zero-order chi connectivity index (χ0) is 11.9. The number of pyridine rings is 1. The lowest BCUT2D eigenvalue weighted by atomic mass is 10.3. The van der Waals surface area contributed by atoms with Gasteiger partial charge < -0.3 is 5.32 Å². The molecule has 0 fully saturated rings. The molecule has 0 radical (unpaired) electrons. The highest BCUT2D eigenvalue weighted by Crippen LogP contribution is 2.06. The molecule has 2 N–H and O–H groups in total. The number of rotatable bonds is 4. The first kappa shape index (κ1) is 11.5. The zero-order valence-corrected chi connectivity index (χ0v) is 9.78. The van der Waals surface area contributed by atoms with Crippen LogP contribution in [0.15, 0.2) is 29.9 Å². The van der Waals surface area contributed by atoms with Gasteiger partial charge >= 0.3 is 6.03 Å². The molecule has 0 saturated heterocycles. The lowest BCUT2D eigenvalue weighted by Crippen LogP contribution is -2.30. The van der Waals surface area contributed by atoms with Crippen LogP contribution in [0.5, 0.6) is 0 Å². The third-order valence-corrected chi connectivity index (χ3v) is 2.58. The predicted molar refractivity (Wildman–Crippen MR) is 64.9 cm³/mol. The lowest BCUT2D eigenvalue weighted by molar-refractivity contribution is 0.252. The molecule has 2 aromatic heterocycles. The van der Waals surface area contributed by atoms with Crippen molar-refractivity contribution in [2.24, 2.45) is 0 Å². The average Bonchev–Trinajstić information content (AvgIpc) is 2.83. The maximum atomic E-state index is 11.4. The van der Waals surface area contributed by atoms with Crippen LogP contribution in [0.2, 0.25) is 0 Å². The van der Waals surface area contributed by atoms with Crippen LogP contribution < -0.4 is 10.6 Å². The number of nitrogens with one attached hydrogen (secondary N) is 2. The van der Waals surface area contributed by atoms with Crippen molar-refractivity contribution in [3.05, 3.63) is 35.6 Å². The molecule has 6 nitrogen and oxygen atoms in total. The number of anilines is 1. The molecule has 0 saturated carbocycles. The molecule has 2 amide bonds. The van der Waals surface area contributed by atoms with Gasteiger partial charge in [-0.3, -0.25) is 10.3 Å². The van der Waals surface area contributed by atoms with Crippen molar-refractivity contribution in [2.75, 3.05) is 11.9 Å². The summed E-state index contributed by atoms with van der Waals surface area (Å²) in [6, 6.07) is 5.42. The second-order valence-electron chi connectivity index (χ2n) is 3.20. The molecule has 0 aliphatic carbocycles. The van der Waals surface area contributed by atoms with Crippen LogP contribution in [0.4, 0.5) is 9.93 Å². The number of aromatic nitrogens is 3. The SMILES string of the molecule is O=C(NCCc1ccccn1)Nc1nncs1. The molecule has 0 aliphatic rings. The number of urea groups is 1. The van der Waals surface area contributed by atoms with Gasteiger partial charge in [0.2, 0.25) is 5.13 Å². The van der Waals surface area contributed by atoms with Crippen molar-refractivity contribution in [2.45, 2.75) is 6.42 Å². The molecule has 0 aliphatic heterocycles. The van der Waals surface area contributed by atoms with E-state index in [0.29, 0.717) is 18.1 Å². The zero-order valence-electron chi connectivity index (χ0n) is 8.96. The highest BCUT2D eigenvalue weighted by Gasteiger charge is 2.03. The Hall–Kier alpha value is -2.02. The smallest absolute Gasteiger partial charge is 0.321 e. The molecule has 0 bridgehead atoms. The van der Waals surface area contributed by atoms with Crippen molar-refractivity contribution in [1.29, 1.82) is 0 Å². The van der Waals surface area contributed by atoms with Gasteiger partial charge in [-0.25, -0.2) is 4.79 Å². The molecule has 17 heavy (non-hydrogen) atoms. The van der Waals surface area contributed by atoms with Gasteiger partial charge in [0.05, 0.1) is 0 Å². The highest BCUT2D eigenvalue weighted by atomic mass is 32.1. The fraction of sp³-hybridized carbons (Fsp3) is 0.200. The van der Waals surface area contributed by atoms with E-state index < -0.39 is 0 Å². The van der Waals surface area contributed by atoms with Gasteiger partial charge in [-0.05, 0) is 12.1 Å². The Bertz CT molecular complexity index is 459. The van der Waals surface area contributed by atoms with Gasteiger partial charge in [0.25, 0.3) is 0 Å². The van der Waals surface area contributed by atoms with E-state index in [1.807, 2.05) is 18.2 Å². The first-order valence-electron chi connectivity index (χ1n) is 5.05. The van der Waals surface area contributed by atoms with Crippen LogP contribution in [0.25, 0.3) is 0 Å². The van der Waals surface area contributed by atoms with E-state index in [2.05, 4.69) is 25.8 Å². The fourth-order valence-corrected chi connectivity index (χ4v) is 1.66. The molecular formula is C10H11N5OS. The molecule has 88 valence electrons. The molecule has 2 aromatic rings.